The average molecular weight is 217 g/mol. The second-order valence-corrected chi connectivity index (χ2v) is 5.33. The maximum atomic E-state index is 3.50. The Morgan fingerprint density at radius 1 is 1.19 bits per heavy atom. The third-order valence-electron chi connectivity index (χ3n) is 3.94. The summed E-state index contributed by atoms with van der Waals surface area (Å²) in [6, 6.07) is 9.58. The van der Waals surface area contributed by atoms with Crippen LogP contribution in [0.25, 0.3) is 0 Å². The first-order valence-electron chi connectivity index (χ1n) is 6.46. The van der Waals surface area contributed by atoms with Gasteiger partial charge in [0.05, 0.1) is 0 Å². The molecule has 0 aliphatic heterocycles. The van der Waals surface area contributed by atoms with Gasteiger partial charge in [-0.1, -0.05) is 38.1 Å². The van der Waals surface area contributed by atoms with E-state index in [9.17, 15) is 0 Å². The van der Waals surface area contributed by atoms with Crippen molar-refractivity contribution >= 4 is 0 Å². The molecule has 0 saturated heterocycles. The summed E-state index contributed by atoms with van der Waals surface area (Å²) in [5.41, 5.74) is 3.14. The van der Waals surface area contributed by atoms with Crippen LogP contribution < -0.4 is 5.32 Å². The minimum absolute atomic E-state index is 0.661. The highest BCUT2D eigenvalue weighted by Gasteiger charge is 2.26. The second kappa shape index (κ2) is 5.01. The lowest BCUT2D eigenvalue weighted by molar-refractivity contribution is 0.272. The Morgan fingerprint density at radius 3 is 2.50 bits per heavy atom. The molecule has 0 spiro atoms. The number of hydrogen-bond acceptors (Lipinski definition) is 1. The SMILES string of the molecule is CNC(C(C)C)C1CCc2ccccc2C1. The Labute approximate surface area is 99.3 Å². The minimum Gasteiger partial charge on any atom is -0.316 e. The second-order valence-electron chi connectivity index (χ2n) is 5.33. The summed E-state index contributed by atoms with van der Waals surface area (Å²) in [4.78, 5) is 0. The summed E-state index contributed by atoms with van der Waals surface area (Å²) >= 11 is 0. The van der Waals surface area contributed by atoms with Gasteiger partial charge in [0, 0.05) is 6.04 Å². The summed E-state index contributed by atoms with van der Waals surface area (Å²) in [7, 11) is 2.10. The fraction of sp³-hybridized carbons (Fsp3) is 0.600. The Kier molecular flexibility index (Phi) is 3.65. The van der Waals surface area contributed by atoms with E-state index in [-0.39, 0.29) is 0 Å². The van der Waals surface area contributed by atoms with Crippen molar-refractivity contribution in [2.45, 2.75) is 39.2 Å². The predicted octanol–water partition coefficient (Wildman–Crippen LogP) is 3.04. The molecule has 0 aromatic heterocycles. The first-order valence-corrected chi connectivity index (χ1v) is 6.46. The van der Waals surface area contributed by atoms with Crippen molar-refractivity contribution in [2.75, 3.05) is 7.05 Å². The Morgan fingerprint density at radius 2 is 1.88 bits per heavy atom. The summed E-state index contributed by atoms with van der Waals surface area (Å²) in [5, 5.41) is 3.50. The van der Waals surface area contributed by atoms with E-state index in [1.165, 1.54) is 19.3 Å². The smallest absolute Gasteiger partial charge is 0.0119 e. The molecule has 1 aliphatic rings. The largest absolute Gasteiger partial charge is 0.316 e. The number of rotatable bonds is 3. The molecule has 0 fully saturated rings. The normalized spacial score (nSPS) is 21.9. The van der Waals surface area contributed by atoms with Gasteiger partial charge >= 0.3 is 0 Å². The molecule has 1 nitrogen and oxygen atoms in total. The molecular formula is C15H23N. The van der Waals surface area contributed by atoms with Crippen molar-refractivity contribution in [1.29, 1.82) is 0 Å². The van der Waals surface area contributed by atoms with Crippen LogP contribution >= 0.6 is 0 Å². The topological polar surface area (TPSA) is 12.0 Å². The van der Waals surface area contributed by atoms with Crippen LogP contribution in [-0.4, -0.2) is 13.1 Å². The highest BCUT2D eigenvalue weighted by molar-refractivity contribution is 5.30. The van der Waals surface area contributed by atoms with Gasteiger partial charge in [0.25, 0.3) is 0 Å². The van der Waals surface area contributed by atoms with Gasteiger partial charge in [0.15, 0.2) is 0 Å². The monoisotopic (exact) mass is 217 g/mol. The van der Waals surface area contributed by atoms with Crippen molar-refractivity contribution < 1.29 is 0 Å². The van der Waals surface area contributed by atoms with Gasteiger partial charge in [-0.2, -0.15) is 0 Å². The molecule has 0 saturated carbocycles. The van der Waals surface area contributed by atoms with Crippen LogP contribution in [0, 0.1) is 11.8 Å². The highest BCUT2D eigenvalue weighted by Crippen LogP contribution is 2.29. The van der Waals surface area contributed by atoms with Crippen LogP contribution in [-0.2, 0) is 12.8 Å². The van der Waals surface area contributed by atoms with Gasteiger partial charge in [-0.3, -0.25) is 0 Å². The average Bonchev–Trinajstić information content (AvgIpc) is 2.29. The van der Waals surface area contributed by atoms with Crippen LogP contribution in [0.3, 0.4) is 0 Å². The van der Waals surface area contributed by atoms with Crippen LogP contribution in [0.2, 0.25) is 0 Å². The van der Waals surface area contributed by atoms with E-state index >= 15 is 0 Å². The fourth-order valence-corrected chi connectivity index (χ4v) is 3.15. The fourth-order valence-electron chi connectivity index (χ4n) is 3.15. The van der Waals surface area contributed by atoms with Crippen LogP contribution in [0.1, 0.15) is 31.4 Å². The first-order chi connectivity index (χ1) is 7.72. The van der Waals surface area contributed by atoms with Crippen LogP contribution in [0.4, 0.5) is 0 Å². The highest BCUT2D eigenvalue weighted by atomic mass is 14.9. The predicted molar refractivity (Wildman–Crippen MR) is 69.6 cm³/mol. The number of fused-ring (bicyclic) bond motifs is 1. The van der Waals surface area contributed by atoms with E-state index in [0.29, 0.717) is 6.04 Å². The van der Waals surface area contributed by atoms with Crippen LogP contribution in [0.15, 0.2) is 24.3 Å². The molecule has 0 bridgehead atoms. The van der Waals surface area contributed by atoms with E-state index in [1.807, 2.05) is 0 Å². The van der Waals surface area contributed by atoms with Crippen molar-refractivity contribution in [3.63, 3.8) is 0 Å². The maximum Gasteiger partial charge on any atom is 0.0119 e. The zero-order chi connectivity index (χ0) is 11.5. The van der Waals surface area contributed by atoms with Gasteiger partial charge in [0.1, 0.15) is 0 Å². The molecule has 1 aromatic rings. The number of aryl methyl sites for hydroxylation is 1. The number of benzene rings is 1. The molecule has 16 heavy (non-hydrogen) atoms. The van der Waals surface area contributed by atoms with Gasteiger partial charge in [-0.15, -0.1) is 0 Å². The Hall–Kier alpha value is -0.820. The van der Waals surface area contributed by atoms with Gasteiger partial charge < -0.3 is 5.32 Å². The molecule has 1 N–H and O–H groups in total. The molecule has 0 amide bonds. The van der Waals surface area contributed by atoms with E-state index in [4.69, 9.17) is 0 Å². The number of nitrogens with one attached hydrogen (secondary N) is 1. The van der Waals surface area contributed by atoms with Gasteiger partial charge in [0.2, 0.25) is 0 Å². The molecule has 0 heterocycles. The molecule has 2 rings (SSSR count). The molecule has 0 radical (unpaired) electrons. The first kappa shape index (κ1) is 11.7. The lowest BCUT2D eigenvalue weighted by Crippen LogP contribution is -2.40. The Bertz CT molecular complexity index is 343. The van der Waals surface area contributed by atoms with Crippen molar-refractivity contribution in [1.82, 2.24) is 5.32 Å². The quantitative estimate of drug-likeness (QED) is 0.820. The molecule has 2 atom stereocenters. The molecule has 1 heteroatoms. The third-order valence-corrected chi connectivity index (χ3v) is 3.94. The molecule has 88 valence electrons. The lowest BCUT2D eigenvalue weighted by atomic mass is 9.77. The molecular weight excluding hydrogens is 194 g/mol. The minimum atomic E-state index is 0.661. The Balaban J connectivity index is 2.12. The zero-order valence-electron chi connectivity index (χ0n) is 10.7. The zero-order valence-corrected chi connectivity index (χ0v) is 10.7. The molecule has 1 aromatic carbocycles. The molecule has 2 unspecified atom stereocenters. The van der Waals surface area contributed by atoms with Crippen molar-refractivity contribution in [3.05, 3.63) is 35.4 Å². The summed E-state index contributed by atoms with van der Waals surface area (Å²) in [6.07, 6.45) is 3.84. The number of hydrogen-bond donors (Lipinski definition) is 1. The van der Waals surface area contributed by atoms with E-state index in [1.54, 1.807) is 11.1 Å². The summed E-state index contributed by atoms with van der Waals surface area (Å²) in [6.45, 7) is 4.64. The summed E-state index contributed by atoms with van der Waals surface area (Å²) in [5.74, 6) is 1.53. The van der Waals surface area contributed by atoms with Gasteiger partial charge in [-0.25, -0.2) is 0 Å². The standard InChI is InChI=1S/C15H23N/c1-11(2)15(16-3)14-9-8-12-6-4-5-7-13(12)10-14/h4-7,11,14-16H,8-10H2,1-3H3. The summed E-state index contributed by atoms with van der Waals surface area (Å²) < 4.78 is 0. The van der Waals surface area contributed by atoms with E-state index in [0.717, 1.165) is 11.8 Å². The maximum absolute atomic E-state index is 3.50. The van der Waals surface area contributed by atoms with E-state index < -0.39 is 0 Å². The van der Waals surface area contributed by atoms with Crippen molar-refractivity contribution in [2.24, 2.45) is 11.8 Å². The van der Waals surface area contributed by atoms with Crippen molar-refractivity contribution in [3.8, 4) is 0 Å². The van der Waals surface area contributed by atoms with E-state index in [2.05, 4.69) is 50.5 Å². The third kappa shape index (κ3) is 2.30. The molecule has 1 aliphatic carbocycles. The van der Waals surface area contributed by atoms with Gasteiger partial charge in [-0.05, 0) is 49.3 Å². The lowest BCUT2D eigenvalue weighted by Gasteiger charge is -2.33. The van der Waals surface area contributed by atoms with Crippen LogP contribution in [0.5, 0.6) is 0 Å².